The van der Waals surface area contributed by atoms with Gasteiger partial charge in [0.1, 0.15) is 18.3 Å². The summed E-state index contributed by atoms with van der Waals surface area (Å²) in [6, 6.07) is 8.19. The molecule has 0 unspecified atom stereocenters. The number of rotatable bonds is 1. The second-order valence-corrected chi connectivity index (χ2v) is 4.87. The van der Waals surface area contributed by atoms with Crippen LogP contribution in [0.2, 0.25) is 0 Å². The van der Waals surface area contributed by atoms with Gasteiger partial charge in [-0.05, 0) is 12.5 Å². The molecule has 4 heteroatoms. The zero-order chi connectivity index (χ0) is 11.7. The summed E-state index contributed by atoms with van der Waals surface area (Å²) in [6.07, 6.45) is 5.66. The van der Waals surface area contributed by atoms with Crippen molar-refractivity contribution >= 4 is 23.9 Å². The normalized spacial score (nSPS) is 14.1. The number of benzene rings is 1. The molecule has 0 radical (unpaired) electrons. The first-order valence-corrected chi connectivity index (χ1v) is 6.44. The molecule has 0 atom stereocenters. The third-order valence-electron chi connectivity index (χ3n) is 2.69. The Morgan fingerprint density at radius 2 is 2.00 bits per heavy atom. The van der Waals surface area contributed by atoms with Gasteiger partial charge < -0.3 is 0 Å². The van der Waals surface area contributed by atoms with Gasteiger partial charge in [0.25, 0.3) is 0 Å². The Bertz CT molecular complexity index is 578. The van der Waals surface area contributed by atoms with Gasteiger partial charge in [-0.25, -0.2) is 4.58 Å². The van der Waals surface area contributed by atoms with Crippen molar-refractivity contribution in [3.05, 3.63) is 47.8 Å². The molecular formula is C13H12N3S+. The molecule has 1 aliphatic heterocycles. The highest BCUT2D eigenvalue weighted by atomic mass is 32.2. The van der Waals surface area contributed by atoms with E-state index in [1.165, 1.54) is 16.0 Å². The molecule has 0 spiro atoms. The summed E-state index contributed by atoms with van der Waals surface area (Å²) in [6.45, 7) is 2.15. The first-order chi connectivity index (χ1) is 8.34. The van der Waals surface area contributed by atoms with Gasteiger partial charge in [-0.1, -0.05) is 39.9 Å². The Labute approximate surface area is 104 Å². The Morgan fingerprint density at radius 3 is 2.82 bits per heavy atom. The molecule has 1 aromatic heterocycles. The number of aromatic nitrogens is 2. The molecule has 3 nitrogen and oxygen atoms in total. The summed E-state index contributed by atoms with van der Waals surface area (Å²) in [5, 5.41) is 0. The molecule has 2 aromatic rings. The maximum atomic E-state index is 4.27. The van der Waals surface area contributed by atoms with E-state index < -0.39 is 0 Å². The molecule has 0 amide bonds. The van der Waals surface area contributed by atoms with Crippen LogP contribution in [0.25, 0.3) is 0 Å². The fourth-order valence-electron chi connectivity index (χ4n) is 1.87. The minimum absolute atomic E-state index is 0.757. The quantitative estimate of drug-likeness (QED) is 0.720. The minimum Gasteiger partial charge on any atom is -0.222 e. The van der Waals surface area contributed by atoms with Crippen LogP contribution in [0.3, 0.4) is 0 Å². The third-order valence-corrected chi connectivity index (χ3v) is 3.95. The summed E-state index contributed by atoms with van der Waals surface area (Å²) in [5.74, 6) is 1.62. The summed E-state index contributed by atoms with van der Waals surface area (Å²) < 4.78 is 2.08. The Balaban J connectivity index is 2.07. The predicted octanol–water partition coefficient (Wildman–Crippen LogP) is 2.61. The van der Waals surface area contributed by atoms with Gasteiger partial charge in [-0.3, -0.25) is 0 Å². The summed E-state index contributed by atoms with van der Waals surface area (Å²) >= 11 is 1.83. The lowest BCUT2D eigenvalue weighted by atomic mass is 10.1. The van der Waals surface area contributed by atoms with Gasteiger partial charge in [0, 0.05) is 16.5 Å². The number of fused-ring (bicyclic) bond motifs is 1. The van der Waals surface area contributed by atoms with Gasteiger partial charge >= 0.3 is 5.95 Å². The molecule has 3 rings (SSSR count). The molecule has 0 fully saturated rings. The number of hydrogen-bond donors (Lipinski definition) is 0. The number of aryl methyl sites for hydroxylation is 1. The SMILES string of the molecule is Cc1cccc2c1SC[N+](c1ncccn1)=C2. The van der Waals surface area contributed by atoms with Crippen molar-refractivity contribution in [1.29, 1.82) is 0 Å². The monoisotopic (exact) mass is 242 g/mol. The van der Waals surface area contributed by atoms with Crippen LogP contribution in [0.4, 0.5) is 5.95 Å². The topological polar surface area (TPSA) is 28.8 Å². The van der Waals surface area contributed by atoms with E-state index in [1.807, 2.05) is 17.8 Å². The lowest BCUT2D eigenvalue weighted by Gasteiger charge is -2.15. The zero-order valence-corrected chi connectivity index (χ0v) is 10.3. The van der Waals surface area contributed by atoms with Crippen LogP contribution in [0.1, 0.15) is 11.1 Å². The van der Waals surface area contributed by atoms with Crippen molar-refractivity contribution in [3.8, 4) is 0 Å². The van der Waals surface area contributed by atoms with Crippen molar-refractivity contribution in [3.63, 3.8) is 0 Å². The second kappa shape index (κ2) is 4.30. The first-order valence-electron chi connectivity index (χ1n) is 5.45. The summed E-state index contributed by atoms with van der Waals surface area (Å²) in [7, 11) is 0. The highest BCUT2D eigenvalue weighted by molar-refractivity contribution is 7.99. The Kier molecular flexibility index (Phi) is 2.65. The van der Waals surface area contributed by atoms with Gasteiger partial charge in [-0.2, -0.15) is 0 Å². The molecule has 1 aliphatic rings. The van der Waals surface area contributed by atoms with E-state index in [9.17, 15) is 0 Å². The molecule has 0 N–H and O–H groups in total. The highest BCUT2D eigenvalue weighted by Gasteiger charge is 2.18. The van der Waals surface area contributed by atoms with Crippen LogP contribution in [-0.2, 0) is 0 Å². The van der Waals surface area contributed by atoms with Gasteiger partial charge in [-0.15, -0.1) is 0 Å². The lowest BCUT2D eigenvalue weighted by molar-refractivity contribution is -0.420. The average Bonchev–Trinajstić information content (AvgIpc) is 2.40. The molecule has 0 saturated heterocycles. The van der Waals surface area contributed by atoms with Gasteiger partial charge in [0.05, 0.1) is 6.21 Å². The van der Waals surface area contributed by atoms with E-state index in [4.69, 9.17) is 0 Å². The van der Waals surface area contributed by atoms with Gasteiger partial charge in [0.15, 0.2) is 0 Å². The Hall–Kier alpha value is -1.68. The summed E-state index contributed by atoms with van der Waals surface area (Å²) in [4.78, 5) is 9.90. The van der Waals surface area contributed by atoms with Crippen LogP contribution in [0.5, 0.6) is 0 Å². The molecule has 0 saturated carbocycles. The standard InChI is InChI=1S/C13H12N3S/c1-10-4-2-5-11-8-16(9-17-12(10)11)13-14-6-3-7-15-13/h2-8H,9H2,1H3/q+1. The van der Waals surface area contributed by atoms with Crippen LogP contribution in [0.15, 0.2) is 41.6 Å². The minimum atomic E-state index is 0.757. The van der Waals surface area contributed by atoms with Crippen molar-refractivity contribution < 1.29 is 4.58 Å². The number of hydrogen-bond acceptors (Lipinski definition) is 3. The first kappa shape index (κ1) is 10.5. The third kappa shape index (κ3) is 1.96. The van der Waals surface area contributed by atoms with Crippen molar-refractivity contribution in [2.75, 3.05) is 5.88 Å². The maximum absolute atomic E-state index is 4.27. The van der Waals surface area contributed by atoms with E-state index in [-0.39, 0.29) is 0 Å². The van der Waals surface area contributed by atoms with Crippen LogP contribution in [-0.4, -0.2) is 26.6 Å². The van der Waals surface area contributed by atoms with Crippen LogP contribution < -0.4 is 0 Å². The van der Waals surface area contributed by atoms with Gasteiger partial charge in [0.2, 0.25) is 0 Å². The molecule has 17 heavy (non-hydrogen) atoms. The molecule has 1 aromatic carbocycles. The lowest BCUT2D eigenvalue weighted by Crippen LogP contribution is -2.15. The zero-order valence-electron chi connectivity index (χ0n) is 9.50. The van der Waals surface area contributed by atoms with E-state index in [0.717, 1.165) is 11.8 Å². The maximum Gasteiger partial charge on any atom is 0.433 e. The fourth-order valence-corrected chi connectivity index (χ4v) is 2.91. The van der Waals surface area contributed by atoms with Crippen molar-refractivity contribution in [1.82, 2.24) is 9.97 Å². The second-order valence-electron chi connectivity index (χ2n) is 3.91. The molecular weight excluding hydrogens is 230 g/mol. The smallest absolute Gasteiger partial charge is 0.222 e. The largest absolute Gasteiger partial charge is 0.433 e. The number of thioether (sulfide) groups is 1. The predicted molar refractivity (Wildman–Crippen MR) is 69.0 cm³/mol. The number of nitrogens with zero attached hydrogens (tertiary/aromatic N) is 3. The van der Waals surface area contributed by atoms with E-state index in [0.29, 0.717) is 0 Å². The van der Waals surface area contributed by atoms with E-state index >= 15 is 0 Å². The Morgan fingerprint density at radius 1 is 1.18 bits per heavy atom. The highest BCUT2D eigenvalue weighted by Crippen LogP contribution is 2.29. The fraction of sp³-hybridized carbons (Fsp3) is 0.154. The molecule has 84 valence electrons. The van der Waals surface area contributed by atoms with Crippen LogP contribution in [0, 0.1) is 6.92 Å². The summed E-state index contributed by atoms with van der Waals surface area (Å²) in [5.41, 5.74) is 2.58. The van der Waals surface area contributed by atoms with Crippen molar-refractivity contribution in [2.45, 2.75) is 11.8 Å². The average molecular weight is 242 g/mol. The molecule has 0 aliphatic carbocycles. The van der Waals surface area contributed by atoms with Crippen molar-refractivity contribution in [2.24, 2.45) is 0 Å². The molecule has 0 bridgehead atoms. The van der Waals surface area contributed by atoms with E-state index in [1.54, 1.807) is 12.4 Å². The van der Waals surface area contributed by atoms with E-state index in [2.05, 4.69) is 45.9 Å². The van der Waals surface area contributed by atoms with Crippen LogP contribution >= 0.6 is 11.8 Å². The molecule has 2 heterocycles.